The van der Waals surface area contributed by atoms with E-state index >= 15 is 8.78 Å². The molecule has 2 atom stereocenters. The van der Waals surface area contributed by atoms with Gasteiger partial charge in [-0.2, -0.15) is 13.9 Å². The van der Waals surface area contributed by atoms with Gasteiger partial charge in [-0.25, -0.2) is 4.39 Å². The normalized spacial score (nSPS) is 13.3. The van der Waals surface area contributed by atoms with Crippen molar-refractivity contribution >= 4 is 17.5 Å². The van der Waals surface area contributed by atoms with Crippen LogP contribution < -0.4 is 5.32 Å². The van der Waals surface area contributed by atoms with Gasteiger partial charge >= 0.3 is 5.92 Å². The Hall–Kier alpha value is -3.73. The lowest BCUT2D eigenvalue weighted by atomic mass is 9.98. The Morgan fingerprint density at radius 2 is 1.86 bits per heavy atom. The zero-order valence-electron chi connectivity index (χ0n) is 18.5. The number of alkyl halides is 2. The van der Waals surface area contributed by atoms with Gasteiger partial charge in [0.2, 0.25) is 0 Å². The molecular weight excluding hydrogens is 497 g/mol. The Bertz CT molecular complexity index is 1350. The highest BCUT2D eigenvalue weighted by Gasteiger charge is 2.47. The van der Waals surface area contributed by atoms with E-state index in [1.807, 2.05) is 0 Å². The minimum atomic E-state index is -3.82. The van der Waals surface area contributed by atoms with Crippen molar-refractivity contribution in [1.29, 1.82) is 0 Å². The van der Waals surface area contributed by atoms with Crippen LogP contribution in [0, 0.1) is 5.82 Å². The molecule has 0 aliphatic rings. The number of aromatic nitrogens is 3. The maximum absolute atomic E-state index is 15.2. The van der Waals surface area contributed by atoms with E-state index in [0.29, 0.717) is 17.0 Å². The van der Waals surface area contributed by atoms with E-state index in [2.05, 4.69) is 20.5 Å². The number of benzene rings is 2. The molecule has 0 saturated carbocycles. The molecule has 2 aromatic carbocycles. The molecule has 0 fully saturated rings. The second-order valence-electron chi connectivity index (χ2n) is 7.88. The number of aromatic amines is 1. The number of carbonyl (C=O) groups is 1. The molecule has 0 aliphatic carbocycles. The molecule has 4 aromatic rings. The van der Waals surface area contributed by atoms with Gasteiger partial charge in [0, 0.05) is 17.3 Å². The van der Waals surface area contributed by atoms with Crippen molar-refractivity contribution in [3.05, 3.63) is 95.0 Å². The quantitative estimate of drug-likeness (QED) is 0.281. The van der Waals surface area contributed by atoms with Gasteiger partial charge in [0.25, 0.3) is 5.91 Å². The molecule has 0 spiro atoms. The maximum Gasteiger partial charge on any atom is 0.311 e. The number of hydrogen-bond acceptors (Lipinski definition) is 5. The number of rotatable bonds is 8. The molecule has 7 nitrogen and oxygen atoms in total. The van der Waals surface area contributed by atoms with E-state index in [1.165, 1.54) is 54.6 Å². The molecule has 0 saturated heterocycles. The first-order valence-electron chi connectivity index (χ1n) is 10.7. The summed E-state index contributed by atoms with van der Waals surface area (Å²) in [5, 5.41) is 28.7. The van der Waals surface area contributed by atoms with E-state index < -0.39 is 42.1 Å². The summed E-state index contributed by atoms with van der Waals surface area (Å²) in [6.45, 7) is -1.03. The third-order valence-electron chi connectivity index (χ3n) is 5.50. The van der Waals surface area contributed by atoms with E-state index in [1.54, 1.807) is 6.07 Å². The largest absolute Gasteiger partial charge is 0.394 e. The van der Waals surface area contributed by atoms with Crippen LogP contribution >= 0.6 is 11.6 Å². The predicted octanol–water partition coefficient (Wildman–Crippen LogP) is 4.17. The second kappa shape index (κ2) is 10.5. The van der Waals surface area contributed by atoms with E-state index in [9.17, 15) is 19.4 Å². The van der Waals surface area contributed by atoms with Crippen LogP contribution in [-0.2, 0) is 5.92 Å². The summed E-state index contributed by atoms with van der Waals surface area (Å²) in [5.74, 6) is -5.21. The number of amides is 1. The molecule has 2 heterocycles. The highest BCUT2D eigenvalue weighted by Crippen LogP contribution is 2.35. The first-order chi connectivity index (χ1) is 17.2. The minimum absolute atomic E-state index is 0.0798. The average molecular weight is 517 g/mol. The Morgan fingerprint density at radius 3 is 2.53 bits per heavy atom. The summed E-state index contributed by atoms with van der Waals surface area (Å²) >= 11 is 6.37. The van der Waals surface area contributed by atoms with E-state index in [-0.39, 0.29) is 16.1 Å². The Morgan fingerprint density at radius 1 is 1.11 bits per heavy atom. The molecule has 1 amide bonds. The van der Waals surface area contributed by atoms with Crippen molar-refractivity contribution in [2.24, 2.45) is 0 Å². The summed E-state index contributed by atoms with van der Waals surface area (Å²) in [6, 6.07) is 13.1. The molecule has 0 aliphatic heterocycles. The number of pyridine rings is 1. The number of aliphatic hydroxyl groups is 2. The van der Waals surface area contributed by atoms with Gasteiger partial charge in [0.15, 0.2) is 0 Å². The van der Waals surface area contributed by atoms with E-state index in [0.717, 1.165) is 12.3 Å². The number of carbonyl (C=O) groups excluding carboxylic acids is 1. The van der Waals surface area contributed by atoms with Gasteiger partial charge < -0.3 is 15.5 Å². The molecule has 2 aromatic heterocycles. The summed E-state index contributed by atoms with van der Waals surface area (Å²) in [5.41, 5.74) is 0.747. The van der Waals surface area contributed by atoms with Crippen LogP contribution in [0.2, 0.25) is 5.02 Å². The fourth-order valence-electron chi connectivity index (χ4n) is 3.68. The van der Waals surface area contributed by atoms with Gasteiger partial charge in [-0.05, 0) is 54.6 Å². The van der Waals surface area contributed by atoms with Crippen molar-refractivity contribution in [2.75, 3.05) is 6.61 Å². The van der Waals surface area contributed by atoms with Gasteiger partial charge in [-0.1, -0.05) is 23.7 Å². The average Bonchev–Trinajstić information content (AvgIpc) is 3.37. The Balaban J connectivity index is 1.69. The van der Waals surface area contributed by atoms with Crippen molar-refractivity contribution in [2.45, 2.75) is 18.1 Å². The smallest absolute Gasteiger partial charge is 0.311 e. The topological polar surface area (TPSA) is 111 Å². The zero-order chi connectivity index (χ0) is 25.9. The number of aliphatic hydroxyl groups excluding tert-OH is 2. The molecule has 4 N–H and O–H groups in total. The number of halogens is 4. The zero-order valence-corrected chi connectivity index (χ0v) is 19.3. The third kappa shape index (κ3) is 5.11. The second-order valence-corrected chi connectivity index (χ2v) is 8.28. The molecule has 0 radical (unpaired) electrons. The monoisotopic (exact) mass is 516 g/mol. The highest BCUT2D eigenvalue weighted by atomic mass is 35.5. The number of H-pyrrole nitrogens is 1. The Labute approximate surface area is 208 Å². The summed E-state index contributed by atoms with van der Waals surface area (Å²) in [7, 11) is 0. The van der Waals surface area contributed by atoms with Crippen molar-refractivity contribution in [3.63, 3.8) is 0 Å². The predicted molar refractivity (Wildman–Crippen MR) is 127 cm³/mol. The highest BCUT2D eigenvalue weighted by molar-refractivity contribution is 6.34. The van der Waals surface area contributed by atoms with E-state index in [4.69, 9.17) is 11.6 Å². The van der Waals surface area contributed by atoms with Crippen LogP contribution in [-0.4, -0.2) is 50.1 Å². The van der Waals surface area contributed by atoms with Crippen molar-refractivity contribution < 1.29 is 28.2 Å². The molecule has 11 heteroatoms. The van der Waals surface area contributed by atoms with Crippen LogP contribution in [0.3, 0.4) is 0 Å². The molecule has 0 bridgehead atoms. The third-order valence-corrected chi connectivity index (χ3v) is 5.82. The fourth-order valence-corrected chi connectivity index (χ4v) is 3.95. The number of nitrogens with one attached hydrogen (secondary N) is 2. The fraction of sp³-hybridized carbons (Fsp3) is 0.160. The van der Waals surface area contributed by atoms with Crippen LogP contribution in [0.25, 0.3) is 22.5 Å². The van der Waals surface area contributed by atoms with Gasteiger partial charge in [-0.15, -0.1) is 0 Å². The number of hydrogen-bond donors (Lipinski definition) is 4. The first kappa shape index (κ1) is 25.4. The standard InChI is InChI=1S/C25H20ClF3N4O3/c26-17-5-3-4-16(22(17)19-12-18(32-33-19)14-7-9-15(27)10-8-14)24(36)31-23(20(35)13-34)25(28,29)21-6-1-2-11-30-21/h1-12,20,23,34-35H,13H2,(H,31,36)(H,32,33)/t20-,23+/m1/s1. The number of nitrogens with zero attached hydrogens (tertiary/aromatic N) is 2. The molecule has 0 unspecified atom stereocenters. The van der Waals surface area contributed by atoms with Crippen LogP contribution in [0.15, 0.2) is 72.9 Å². The molecule has 186 valence electrons. The van der Waals surface area contributed by atoms with Crippen LogP contribution in [0.4, 0.5) is 13.2 Å². The first-order valence-corrected chi connectivity index (χ1v) is 11.1. The van der Waals surface area contributed by atoms with Crippen LogP contribution in [0.5, 0.6) is 0 Å². The SMILES string of the molecule is O=C(N[C@@H]([C@H](O)CO)C(F)(F)c1ccccn1)c1cccc(Cl)c1-c1cc(-c2ccc(F)cc2)n[nH]1. The van der Waals surface area contributed by atoms with Gasteiger partial charge in [0.05, 0.1) is 28.6 Å². The lowest BCUT2D eigenvalue weighted by molar-refractivity contribution is -0.0941. The Kier molecular flexibility index (Phi) is 7.39. The lowest BCUT2D eigenvalue weighted by Crippen LogP contribution is -2.54. The molecular formula is C25H20ClF3N4O3. The minimum Gasteiger partial charge on any atom is -0.394 e. The lowest BCUT2D eigenvalue weighted by Gasteiger charge is -2.30. The maximum atomic E-state index is 15.2. The summed E-state index contributed by atoms with van der Waals surface area (Å²) in [4.78, 5) is 16.9. The summed E-state index contributed by atoms with van der Waals surface area (Å²) < 4.78 is 43.7. The van der Waals surface area contributed by atoms with Crippen molar-refractivity contribution in [3.8, 4) is 22.5 Å². The van der Waals surface area contributed by atoms with Gasteiger partial charge in [-0.3, -0.25) is 14.9 Å². The molecule has 4 rings (SSSR count). The van der Waals surface area contributed by atoms with Gasteiger partial charge in [0.1, 0.15) is 23.7 Å². The molecule has 36 heavy (non-hydrogen) atoms. The van der Waals surface area contributed by atoms with Crippen LogP contribution in [0.1, 0.15) is 16.1 Å². The van der Waals surface area contributed by atoms with Crippen molar-refractivity contribution in [1.82, 2.24) is 20.5 Å². The summed E-state index contributed by atoms with van der Waals surface area (Å²) in [6.07, 6.45) is -0.842.